The molecule has 1 aromatic carbocycles. The topological polar surface area (TPSA) is 62.7 Å². The number of rotatable bonds is 3. The van der Waals surface area contributed by atoms with Crippen molar-refractivity contribution in [2.45, 2.75) is 43.4 Å². The highest BCUT2D eigenvalue weighted by Crippen LogP contribution is 2.39. The van der Waals surface area contributed by atoms with E-state index in [1.807, 2.05) is 32.0 Å². The molecule has 3 heterocycles. The van der Waals surface area contributed by atoms with Crippen LogP contribution in [-0.4, -0.2) is 53.9 Å². The first-order valence-corrected chi connectivity index (χ1v) is 10.7. The first kappa shape index (κ1) is 18.4. The second kappa shape index (κ2) is 6.89. The lowest BCUT2D eigenvalue weighted by Crippen LogP contribution is -2.51. The summed E-state index contributed by atoms with van der Waals surface area (Å²) in [5, 5.41) is 0. The van der Waals surface area contributed by atoms with Crippen LogP contribution in [0.4, 0.5) is 0 Å². The number of fused-ring (bicyclic) bond motifs is 1. The molecule has 0 saturated carbocycles. The van der Waals surface area contributed by atoms with Crippen molar-refractivity contribution in [2.24, 2.45) is 0 Å². The number of sulfonamides is 1. The summed E-state index contributed by atoms with van der Waals surface area (Å²) in [5.74, 6) is 0.464. The second-order valence-corrected chi connectivity index (χ2v) is 9.55. The molecule has 0 radical (unpaired) electrons. The Kier molecular flexibility index (Phi) is 4.70. The van der Waals surface area contributed by atoms with Crippen molar-refractivity contribution >= 4 is 10.0 Å². The van der Waals surface area contributed by atoms with E-state index in [0.717, 1.165) is 19.5 Å². The number of hydrogen-bond donors (Lipinski definition) is 0. The van der Waals surface area contributed by atoms with Gasteiger partial charge in [-0.3, -0.25) is 9.88 Å². The Balaban J connectivity index is 1.66. The first-order chi connectivity index (χ1) is 12.9. The molecule has 0 bridgehead atoms. The van der Waals surface area contributed by atoms with Crippen molar-refractivity contribution in [3.05, 3.63) is 54.4 Å². The minimum absolute atomic E-state index is 0.129. The first-order valence-electron chi connectivity index (χ1n) is 9.31. The average Bonchev–Trinajstić information content (AvgIpc) is 2.98. The molecule has 4 rings (SSSR count). The van der Waals surface area contributed by atoms with Crippen LogP contribution in [-0.2, 0) is 16.6 Å². The van der Waals surface area contributed by atoms with Gasteiger partial charge in [0.05, 0.1) is 6.54 Å². The van der Waals surface area contributed by atoms with E-state index < -0.39 is 15.6 Å². The minimum atomic E-state index is -3.58. The fourth-order valence-electron chi connectivity index (χ4n) is 3.99. The van der Waals surface area contributed by atoms with Crippen molar-refractivity contribution in [1.82, 2.24) is 14.2 Å². The molecule has 6 nitrogen and oxygen atoms in total. The molecule has 0 unspecified atom stereocenters. The van der Waals surface area contributed by atoms with Crippen LogP contribution in [0.25, 0.3) is 0 Å². The van der Waals surface area contributed by atoms with Gasteiger partial charge in [-0.25, -0.2) is 8.42 Å². The summed E-state index contributed by atoms with van der Waals surface area (Å²) in [5.41, 5.74) is 0.668. The lowest BCUT2D eigenvalue weighted by Gasteiger charge is -2.33. The number of aromatic nitrogens is 1. The molecule has 1 saturated heterocycles. The highest BCUT2D eigenvalue weighted by atomic mass is 32.2. The van der Waals surface area contributed by atoms with Crippen molar-refractivity contribution in [1.29, 1.82) is 0 Å². The Hall–Kier alpha value is -1.96. The van der Waals surface area contributed by atoms with Crippen molar-refractivity contribution in [2.75, 3.05) is 19.6 Å². The summed E-state index contributed by atoms with van der Waals surface area (Å²) >= 11 is 0. The van der Waals surface area contributed by atoms with E-state index in [1.54, 1.807) is 34.9 Å². The molecule has 2 aliphatic rings. The van der Waals surface area contributed by atoms with E-state index in [9.17, 15) is 8.42 Å². The lowest BCUT2D eigenvalue weighted by molar-refractivity contribution is 0.0532. The average molecular weight is 388 g/mol. The lowest BCUT2D eigenvalue weighted by atomic mass is 10.0. The maximum Gasteiger partial charge on any atom is 0.247 e. The monoisotopic (exact) mass is 387 g/mol. The Labute approximate surface area is 160 Å². The van der Waals surface area contributed by atoms with Gasteiger partial charge in [0.15, 0.2) is 0 Å². The Morgan fingerprint density at radius 1 is 1.15 bits per heavy atom. The van der Waals surface area contributed by atoms with Gasteiger partial charge in [0.25, 0.3) is 0 Å². The van der Waals surface area contributed by atoms with E-state index in [1.165, 1.54) is 5.56 Å². The maximum absolute atomic E-state index is 13.2. The van der Waals surface area contributed by atoms with Crippen LogP contribution in [0.2, 0.25) is 0 Å². The molecule has 7 heteroatoms. The van der Waals surface area contributed by atoms with E-state index in [2.05, 4.69) is 9.88 Å². The molecule has 27 heavy (non-hydrogen) atoms. The number of ether oxygens (including phenoxy) is 1. The number of hydrogen-bond acceptors (Lipinski definition) is 5. The SMILES string of the molecule is CC(C)N1C[C@]2(CCN(Cc3ccncc3)C2)Oc2ccccc2S1(=O)=O. The van der Waals surface area contributed by atoms with Gasteiger partial charge in [-0.2, -0.15) is 4.31 Å². The zero-order chi connectivity index (χ0) is 19.1. The molecule has 2 aliphatic heterocycles. The quantitative estimate of drug-likeness (QED) is 0.810. The smallest absolute Gasteiger partial charge is 0.247 e. The van der Waals surface area contributed by atoms with Crippen LogP contribution in [0, 0.1) is 0 Å². The van der Waals surface area contributed by atoms with E-state index in [0.29, 0.717) is 18.8 Å². The summed E-state index contributed by atoms with van der Waals surface area (Å²) in [6.45, 7) is 6.59. The number of pyridine rings is 1. The van der Waals surface area contributed by atoms with Crippen LogP contribution in [0.15, 0.2) is 53.7 Å². The summed E-state index contributed by atoms with van der Waals surface area (Å²) in [6, 6.07) is 10.9. The van der Waals surface area contributed by atoms with Gasteiger partial charge in [0.1, 0.15) is 16.2 Å². The molecule has 1 aromatic heterocycles. The summed E-state index contributed by atoms with van der Waals surface area (Å²) in [6.07, 6.45) is 4.39. The number of likely N-dealkylation sites (tertiary alicyclic amines) is 1. The van der Waals surface area contributed by atoms with Crippen molar-refractivity contribution < 1.29 is 13.2 Å². The molecule has 0 amide bonds. The van der Waals surface area contributed by atoms with Gasteiger partial charge in [-0.1, -0.05) is 12.1 Å². The van der Waals surface area contributed by atoms with Gasteiger partial charge < -0.3 is 4.74 Å². The van der Waals surface area contributed by atoms with E-state index in [4.69, 9.17) is 4.74 Å². The normalized spacial score (nSPS) is 25.3. The van der Waals surface area contributed by atoms with Crippen molar-refractivity contribution in [3.8, 4) is 5.75 Å². The third-order valence-electron chi connectivity index (χ3n) is 5.33. The molecular weight excluding hydrogens is 362 g/mol. The third-order valence-corrected chi connectivity index (χ3v) is 7.39. The van der Waals surface area contributed by atoms with Gasteiger partial charge in [-0.15, -0.1) is 0 Å². The zero-order valence-electron chi connectivity index (χ0n) is 15.7. The van der Waals surface area contributed by atoms with Crippen LogP contribution >= 0.6 is 0 Å². The third kappa shape index (κ3) is 3.47. The minimum Gasteiger partial charge on any atom is -0.483 e. The predicted octanol–water partition coefficient (Wildman–Crippen LogP) is 2.52. The fourth-order valence-corrected chi connectivity index (χ4v) is 5.82. The van der Waals surface area contributed by atoms with Crippen molar-refractivity contribution in [3.63, 3.8) is 0 Å². The van der Waals surface area contributed by atoms with Crippen LogP contribution in [0.5, 0.6) is 5.75 Å². The van der Waals surface area contributed by atoms with E-state index in [-0.39, 0.29) is 10.9 Å². The van der Waals surface area contributed by atoms with E-state index >= 15 is 0 Å². The molecule has 1 spiro atoms. The second-order valence-electron chi connectivity index (χ2n) is 7.69. The predicted molar refractivity (Wildman–Crippen MR) is 103 cm³/mol. The molecule has 2 aromatic rings. The van der Waals surface area contributed by atoms with Gasteiger partial charge in [-0.05, 0) is 43.7 Å². The Bertz CT molecular complexity index is 917. The molecule has 144 valence electrons. The highest BCUT2D eigenvalue weighted by molar-refractivity contribution is 7.89. The van der Waals surface area contributed by atoms with Gasteiger partial charge >= 0.3 is 0 Å². The highest BCUT2D eigenvalue weighted by Gasteiger charge is 2.48. The summed E-state index contributed by atoms with van der Waals surface area (Å²) in [4.78, 5) is 6.66. The maximum atomic E-state index is 13.2. The number of para-hydroxylation sites is 1. The molecular formula is C20H25N3O3S. The van der Waals surface area contributed by atoms with Gasteiger partial charge in [0.2, 0.25) is 10.0 Å². The molecule has 0 N–H and O–H groups in total. The van der Waals surface area contributed by atoms with Crippen LogP contribution in [0.1, 0.15) is 25.8 Å². The standard InChI is InChI=1S/C20H25N3O3S/c1-16(2)23-15-20(26-18-5-3-4-6-19(18)27(23,24)25)9-12-22(14-20)13-17-7-10-21-11-8-17/h3-8,10-11,16H,9,12-15H2,1-2H3/t20-/m1/s1. The van der Waals surface area contributed by atoms with Crippen LogP contribution in [0.3, 0.4) is 0 Å². The number of nitrogens with zero attached hydrogens (tertiary/aromatic N) is 3. The summed E-state index contributed by atoms with van der Waals surface area (Å²) < 4.78 is 34.4. The largest absolute Gasteiger partial charge is 0.483 e. The fraction of sp³-hybridized carbons (Fsp3) is 0.450. The van der Waals surface area contributed by atoms with Gasteiger partial charge in [0, 0.05) is 44.5 Å². The molecule has 0 aliphatic carbocycles. The molecule has 1 atom stereocenters. The zero-order valence-corrected chi connectivity index (χ0v) is 16.5. The number of benzene rings is 1. The molecule has 1 fully saturated rings. The van der Waals surface area contributed by atoms with Crippen LogP contribution < -0.4 is 4.74 Å². The Morgan fingerprint density at radius 2 is 1.89 bits per heavy atom. The summed E-state index contributed by atoms with van der Waals surface area (Å²) in [7, 11) is -3.58. The Morgan fingerprint density at radius 3 is 2.63 bits per heavy atom.